The summed E-state index contributed by atoms with van der Waals surface area (Å²) in [5.74, 6) is -0.324. The molecule has 0 unspecified atom stereocenters. The molecule has 4 N–H and O–H groups in total. The first kappa shape index (κ1) is 15.5. The molecular formula is C15H21N3O3. The lowest BCUT2D eigenvalue weighted by molar-refractivity contribution is -0.124. The van der Waals surface area contributed by atoms with Crippen LogP contribution in [0.4, 0.5) is 11.4 Å². The van der Waals surface area contributed by atoms with E-state index in [0.29, 0.717) is 31.7 Å². The minimum Gasteiger partial charge on any atom is -0.381 e. The Morgan fingerprint density at radius 2 is 1.90 bits per heavy atom. The van der Waals surface area contributed by atoms with E-state index < -0.39 is 5.54 Å². The SMILES string of the molecule is CC(=O)Nc1ccc(NC(=O)C2(N)CCOCC2)cc1C. The molecule has 1 heterocycles. The maximum Gasteiger partial charge on any atom is 0.244 e. The predicted molar refractivity (Wildman–Crippen MR) is 81.1 cm³/mol. The largest absolute Gasteiger partial charge is 0.381 e. The van der Waals surface area contributed by atoms with Gasteiger partial charge in [-0.25, -0.2) is 0 Å². The molecule has 1 saturated heterocycles. The Morgan fingerprint density at radius 1 is 1.24 bits per heavy atom. The number of ether oxygens (including phenoxy) is 1. The normalized spacial score (nSPS) is 17.1. The van der Waals surface area contributed by atoms with Gasteiger partial charge in [0.25, 0.3) is 0 Å². The number of rotatable bonds is 3. The molecule has 0 spiro atoms. The minimum absolute atomic E-state index is 0.127. The number of benzene rings is 1. The van der Waals surface area contributed by atoms with Gasteiger partial charge < -0.3 is 21.1 Å². The first-order valence-electron chi connectivity index (χ1n) is 6.97. The van der Waals surface area contributed by atoms with Crippen LogP contribution < -0.4 is 16.4 Å². The summed E-state index contributed by atoms with van der Waals surface area (Å²) < 4.78 is 5.24. The highest BCUT2D eigenvalue weighted by Gasteiger charge is 2.35. The van der Waals surface area contributed by atoms with Crippen molar-refractivity contribution in [2.24, 2.45) is 5.73 Å². The average molecular weight is 291 g/mol. The zero-order chi connectivity index (χ0) is 15.5. The van der Waals surface area contributed by atoms with Crippen molar-refractivity contribution in [3.63, 3.8) is 0 Å². The molecule has 2 amide bonds. The summed E-state index contributed by atoms with van der Waals surface area (Å²) in [6.45, 7) is 4.33. The number of aryl methyl sites for hydroxylation is 1. The first-order valence-corrected chi connectivity index (χ1v) is 6.97. The van der Waals surface area contributed by atoms with Crippen molar-refractivity contribution in [2.45, 2.75) is 32.2 Å². The fraction of sp³-hybridized carbons (Fsp3) is 0.467. The van der Waals surface area contributed by atoms with Gasteiger partial charge in [0.2, 0.25) is 11.8 Å². The van der Waals surface area contributed by atoms with E-state index in [1.807, 2.05) is 13.0 Å². The lowest BCUT2D eigenvalue weighted by Crippen LogP contribution is -2.54. The van der Waals surface area contributed by atoms with Crippen LogP contribution in [0.1, 0.15) is 25.3 Å². The van der Waals surface area contributed by atoms with E-state index in [1.54, 1.807) is 12.1 Å². The van der Waals surface area contributed by atoms with Gasteiger partial charge >= 0.3 is 0 Å². The molecule has 21 heavy (non-hydrogen) atoms. The summed E-state index contributed by atoms with van der Waals surface area (Å²) in [6.07, 6.45) is 1.03. The molecule has 114 valence electrons. The van der Waals surface area contributed by atoms with Crippen molar-refractivity contribution in [3.05, 3.63) is 23.8 Å². The number of nitrogens with one attached hydrogen (secondary N) is 2. The van der Waals surface area contributed by atoms with E-state index in [1.165, 1.54) is 6.92 Å². The maximum absolute atomic E-state index is 12.3. The summed E-state index contributed by atoms with van der Waals surface area (Å²) >= 11 is 0. The van der Waals surface area contributed by atoms with Crippen LogP contribution in [0.25, 0.3) is 0 Å². The smallest absolute Gasteiger partial charge is 0.244 e. The summed E-state index contributed by atoms with van der Waals surface area (Å²) in [6, 6.07) is 5.32. The average Bonchev–Trinajstić information content (AvgIpc) is 2.42. The lowest BCUT2D eigenvalue weighted by Gasteiger charge is -2.31. The Morgan fingerprint density at radius 3 is 2.48 bits per heavy atom. The van der Waals surface area contributed by atoms with Crippen LogP contribution in [0.5, 0.6) is 0 Å². The van der Waals surface area contributed by atoms with Crippen LogP contribution in [-0.2, 0) is 14.3 Å². The van der Waals surface area contributed by atoms with Crippen molar-refractivity contribution < 1.29 is 14.3 Å². The number of hydrogen-bond donors (Lipinski definition) is 3. The van der Waals surface area contributed by atoms with E-state index in [4.69, 9.17) is 10.5 Å². The molecule has 1 aromatic rings. The van der Waals surface area contributed by atoms with Gasteiger partial charge in [0.15, 0.2) is 0 Å². The van der Waals surface area contributed by atoms with E-state index in [-0.39, 0.29) is 11.8 Å². The third kappa shape index (κ3) is 3.80. The van der Waals surface area contributed by atoms with E-state index in [2.05, 4.69) is 10.6 Å². The minimum atomic E-state index is -0.873. The number of nitrogens with two attached hydrogens (primary N) is 1. The highest BCUT2D eigenvalue weighted by molar-refractivity contribution is 5.98. The third-order valence-electron chi connectivity index (χ3n) is 3.63. The molecule has 1 aliphatic heterocycles. The second kappa shape index (κ2) is 6.24. The molecule has 6 heteroatoms. The van der Waals surface area contributed by atoms with Crippen LogP contribution in [0, 0.1) is 6.92 Å². The van der Waals surface area contributed by atoms with Gasteiger partial charge in [0.1, 0.15) is 5.54 Å². The maximum atomic E-state index is 12.3. The third-order valence-corrected chi connectivity index (χ3v) is 3.63. The number of hydrogen-bond acceptors (Lipinski definition) is 4. The molecule has 0 bridgehead atoms. The summed E-state index contributed by atoms with van der Waals surface area (Å²) in [7, 11) is 0. The van der Waals surface area contributed by atoms with Crippen LogP contribution in [0.2, 0.25) is 0 Å². The number of anilines is 2. The van der Waals surface area contributed by atoms with E-state index >= 15 is 0 Å². The Kier molecular flexibility index (Phi) is 4.59. The van der Waals surface area contributed by atoms with Crippen molar-refractivity contribution >= 4 is 23.2 Å². The highest BCUT2D eigenvalue weighted by atomic mass is 16.5. The Hall–Kier alpha value is -1.92. The quantitative estimate of drug-likeness (QED) is 0.784. The molecule has 6 nitrogen and oxygen atoms in total. The Bertz CT molecular complexity index is 551. The lowest BCUT2D eigenvalue weighted by atomic mass is 9.90. The van der Waals surface area contributed by atoms with Gasteiger partial charge in [-0.15, -0.1) is 0 Å². The fourth-order valence-electron chi connectivity index (χ4n) is 2.29. The molecule has 0 aromatic heterocycles. The van der Waals surface area contributed by atoms with Crippen molar-refractivity contribution in [2.75, 3.05) is 23.8 Å². The van der Waals surface area contributed by atoms with Crippen LogP contribution in [0.15, 0.2) is 18.2 Å². The number of carbonyl (C=O) groups excluding carboxylic acids is 2. The van der Waals surface area contributed by atoms with Crippen LogP contribution in [-0.4, -0.2) is 30.6 Å². The molecular weight excluding hydrogens is 270 g/mol. The Labute approximate surface area is 124 Å². The van der Waals surface area contributed by atoms with Gasteiger partial charge in [0.05, 0.1) is 0 Å². The van der Waals surface area contributed by atoms with E-state index in [0.717, 1.165) is 11.3 Å². The molecule has 1 aliphatic rings. The molecule has 0 saturated carbocycles. The molecule has 1 fully saturated rings. The number of amides is 2. The summed E-state index contributed by atoms with van der Waals surface area (Å²) in [5, 5.41) is 5.57. The Balaban J connectivity index is 2.07. The molecule has 1 aromatic carbocycles. The fourth-order valence-corrected chi connectivity index (χ4v) is 2.29. The monoisotopic (exact) mass is 291 g/mol. The zero-order valence-corrected chi connectivity index (χ0v) is 12.4. The topological polar surface area (TPSA) is 93.5 Å². The summed E-state index contributed by atoms with van der Waals surface area (Å²) in [5.41, 5.74) is 7.54. The van der Waals surface area contributed by atoms with Gasteiger partial charge in [-0.05, 0) is 43.5 Å². The highest BCUT2D eigenvalue weighted by Crippen LogP contribution is 2.23. The van der Waals surface area contributed by atoms with Crippen LogP contribution >= 0.6 is 0 Å². The van der Waals surface area contributed by atoms with Gasteiger partial charge in [-0.1, -0.05) is 0 Å². The van der Waals surface area contributed by atoms with Crippen molar-refractivity contribution in [1.29, 1.82) is 0 Å². The number of carbonyl (C=O) groups is 2. The van der Waals surface area contributed by atoms with Crippen molar-refractivity contribution in [1.82, 2.24) is 0 Å². The second-order valence-electron chi connectivity index (χ2n) is 5.43. The first-order chi connectivity index (χ1) is 9.90. The zero-order valence-electron chi connectivity index (χ0n) is 12.4. The van der Waals surface area contributed by atoms with Crippen LogP contribution in [0.3, 0.4) is 0 Å². The molecule has 0 aliphatic carbocycles. The van der Waals surface area contributed by atoms with Crippen molar-refractivity contribution in [3.8, 4) is 0 Å². The standard InChI is InChI=1S/C15H21N3O3/c1-10-9-12(3-4-13(10)17-11(2)19)18-14(20)15(16)5-7-21-8-6-15/h3-4,9H,5-8,16H2,1-2H3,(H,17,19)(H,18,20). The van der Waals surface area contributed by atoms with Gasteiger partial charge in [0, 0.05) is 31.5 Å². The van der Waals surface area contributed by atoms with Gasteiger partial charge in [-0.2, -0.15) is 0 Å². The molecule has 2 rings (SSSR count). The van der Waals surface area contributed by atoms with E-state index in [9.17, 15) is 9.59 Å². The van der Waals surface area contributed by atoms with Gasteiger partial charge in [-0.3, -0.25) is 9.59 Å². The molecule has 0 radical (unpaired) electrons. The molecule has 0 atom stereocenters. The summed E-state index contributed by atoms with van der Waals surface area (Å²) in [4.78, 5) is 23.4. The second-order valence-corrected chi connectivity index (χ2v) is 5.43. The predicted octanol–water partition coefficient (Wildman–Crippen LogP) is 1.40.